The Hall–Kier alpha value is -2.44. The number of aromatic nitrogens is 2. The quantitative estimate of drug-likeness (QED) is 0.587. The maximum absolute atomic E-state index is 11.0. The molecule has 0 aliphatic carbocycles. The molecule has 0 aliphatic heterocycles. The summed E-state index contributed by atoms with van der Waals surface area (Å²) in [5, 5.41) is 11.7. The van der Waals surface area contributed by atoms with Gasteiger partial charge in [0.15, 0.2) is 0 Å². The van der Waals surface area contributed by atoms with Gasteiger partial charge in [0.2, 0.25) is 0 Å². The van der Waals surface area contributed by atoms with Gasteiger partial charge in [-0.05, 0) is 37.2 Å². The molecule has 2 N–H and O–H groups in total. The maximum atomic E-state index is 11.0. The van der Waals surface area contributed by atoms with Crippen molar-refractivity contribution in [2.24, 2.45) is 5.73 Å². The topological polar surface area (TPSA) is 86.5 Å². The van der Waals surface area contributed by atoms with E-state index in [2.05, 4.69) is 4.98 Å². The molecule has 0 fully saturated rings. The van der Waals surface area contributed by atoms with Crippen LogP contribution in [0.25, 0.3) is 16.9 Å². The number of nitrogens with two attached hydrogens (primary N) is 1. The number of halogens is 1. The van der Waals surface area contributed by atoms with Crippen LogP contribution in [0, 0.1) is 17.0 Å². The van der Waals surface area contributed by atoms with Crippen LogP contribution in [-0.4, -0.2) is 20.9 Å². The number of benzene rings is 1. The summed E-state index contributed by atoms with van der Waals surface area (Å²) in [6.07, 6.45) is 2.05. The van der Waals surface area contributed by atoms with E-state index in [0.29, 0.717) is 23.6 Å². The second kappa shape index (κ2) is 5.98. The lowest BCUT2D eigenvalue weighted by Crippen LogP contribution is -2.06. The number of hydrogen-bond acceptors (Lipinski definition) is 4. The molecule has 6 nitrogen and oxygen atoms in total. The lowest BCUT2D eigenvalue weighted by atomic mass is 10.1. The number of rotatable bonds is 4. The Labute approximate surface area is 137 Å². The average molecular weight is 331 g/mol. The molecule has 0 radical (unpaired) electrons. The van der Waals surface area contributed by atoms with Crippen LogP contribution in [0.1, 0.15) is 11.3 Å². The smallest absolute Gasteiger partial charge is 0.286 e. The van der Waals surface area contributed by atoms with Crippen LogP contribution in [-0.2, 0) is 6.42 Å². The molecule has 0 saturated carbocycles. The molecule has 7 heteroatoms. The van der Waals surface area contributed by atoms with E-state index in [1.165, 1.54) is 12.3 Å². The van der Waals surface area contributed by atoms with Gasteiger partial charge in [0.25, 0.3) is 5.69 Å². The fourth-order valence-corrected chi connectivity index (χ4v) is 2.71. The van der Waals surface area contributed by atoms with Crippen LogP contribution in [0.15, 0.2) is 36.5 Å². The summed E-state index contributed by atoms with van der Waals surface area (Å²) in [5.74, 6) is 0. The standard InChI is InChI=1S/C16H15ClN4O2/c1-10-8-11(2-4-13(10)17)16-14(6-7-18)20-9-12(21(22)23)3-5-15(20)19-16/h2-5,8-9H,6-7,18H2,1H3. The van der Waals surface area contributed by atoms with Crippen molar-refractivity contribution in [2.75, 3.05) is 6.54 Å². The lowest BCUT2D eigenvalue weighted by molar-refractivity contribution is -0.385. The van der Waals surface area contributed by atoms with Crippen molar-refractivity contribution in [1.82, 2.24) is 9.38 Å². The van der Waals surface area contributed by atoms with E-state index in [0.717, 1.165) is 22.5 Å². The first-order chi connectivity index (χ1) is 11.0. The average Bonchev–Trinajstić information content (AvgIpc) is 2.88. The van der Waals surface area contributed by atoms with Crippen LogP contribution in [0.5, 0.6) is 0 Å². The zero-order chi connectivity index (χ0) is 16.6. The van der Waals surface area contributed by atoms with E-state index >= 15 is 0 Å². The highest BCUT2D eigenvalue weighted by Gasteiger charge is 2.16. The Bertz CT molecular complexity index is 904. The summed E-state index contributed by atoms with van der Waals surface area (Å²) in [4.78, 5) is 15.2. The zero-order valence-electron chi connectivity index (χ0n) is 12.5. The molecule has 2 aromatic heterocycles. The summed E-state index contributed by atoms with van der Waals surface area (Å²) in [6.45, 7) is 2.35. The molecule has 0 unspecified atom stereocenters. The van der Waals surface area contributed by atoms with Gasteiger partial charge in [0, 0.05) is 23.1 Å². The normalized spacial score (nSPS) is 11.1. The summed E-state index contributed by atoms with van der Waals surface area (Å²) < 4.78 is 1.74. The second-order valence-electron chi connectivity index (χ2n) is 5.28. The van der Waals surface area contributed by atoms with Gasteiger partial charge in [-0.15, -0.1) is 0 Å². The third-order valence-electron chi connectivity index (χ3n) is 3.73. The van der Waals surface area contributed by atoms with Gasteiger partial charge in [0.05, 0.1) is 22.5 Å². The molecule has 118 valence electrons. The number of aryl methyl sites for hydroxylation is 1. The molecule has 1 aromatic carbocycles. The van der Waals surface area contributed by atoms with Gasteiger partial charge >= 0.3 is 0 Å². The van der Waals surface area contributed by atoms with Crippen LogP contribution >= 0.6 is 11.6 Å². The summed E-state index contributed by atoms with van der Waals surface area (Å²) in [7, 11) is 0. The van der Waals surface area contributed by atoms with E-state index in [4.69, 9.17) is 17.3 Å². The Morgan fingerprint density at radius 1 is 1.35 bits per heavy atom. The first-order valence-electron chi connectivity index (χ1n) is 7.13. The molecule has 3 aromatic rings. The molecule has 0 atom stereocenters. The third-order valence-corrected chi connectivity index (χ3v) is 4.15. The van der Waals surface area contributed by atoms with Crippen molar-refractivity contribution in [3.05, 3.63) is 62.9 Å². The van der Waals surface area contributed by atoms with E-state index in [1.807, 2.05) is 25.1 Å². The van der Waals surface area contributed by atoms with E-state index in [-0.39, 0.29) is 5.69 Å². The minimum Gasteiger partial charge on any atom is -0.330 e. The van der Waals surface area contributed by atoms with Gasteiger partial charge in [0.1, 0.15) is 5.65 Å². The van der Waals surface area contributed by atoms with Crippen LogP contribution in [0.3, 0.4) is 0 Å². The van der Waals surface area contributed by atoms with E-state index in [1.54, 1.807) is 10.5 Å². The number of nitrogens with zero attached hydrogens (tertiary/aromatic N) is 3. The van der Waals surface area contributed by atoms with Crippen molar-refractivity contribution < 1.29 is 4.92 Å². The monoisotopic (exact) mass is 330 g/mol. The molecule has 0 saturated heterocycles. The molecule has 3 rings (SSSR count). The van der Waals surface area contributed by atoms with Crippen molar-refractivity contribution in [2.45, 2.75) is 13.3 Å². The van der Waals surface area contributed by atoms with E-state index < -0.39 is 4.92 Å². The molecular weight excluding hydrogens is 316 g/mol. The van der Waals surface area contributed by atoms with Crippen LogP contribution in [0.4, 0.5) is 5.69 Å². The first-order valence-corrected chi connectivity index (χ1v) is 7.51. The van der Waals surface area contributed by atoms with Crippen molar-refractivity contribution >= 4 is 22.9 Å². The number of hydrogen-bond donors (Lipinski definition) is 1. The molecule has 0 aliphatic rings. The highest BCUT2D eigenvalue weighted by molar-refractivity contribution is 6.31. The molecular formula is C16H15ClN4O2. The Kier molecular flexibility index (Phi) is 4.02. The minimum absolute atomic E-state index is 0.0204. The number of pyridine rings is 1. The maximum Gasteiger partial charge on any atom is 0.286 e. The van der Waals surface area contributed by atoms with Crippen molar-refractivity contribution in [3.8, 4) is 11.3 Å². The highest BCUT2D eigenvalue weighted by atomic mass is 35.5. The summed E-state index contributed by atoms with van der Waals surface area (Å²) >= 11 is 6.08. The Morgan fingerprint density at radius 2 is 2.13 bits per heavy atom. The SMILES string of the molecule is Cc1cc(-c2nc3ccc([N+](=O)[O-])cn3c2CCN)ccc1Cl. The van der Waals surface area contributed by atoms with Gasteiger partial charge in [-0.3, -0.25) is 14.5 Å². The van der Waals surface area contributed by atoms with Crippen molar-refractivity contribution in [3.63, 3.8) is 0 Å². The van der Waals surface area contributed by atoms with Gasteiger partial charge in [-0.2, -0.15) is 0 Å². The van der Waals surface area contributed by atoms with Gasteiger partial charge in [-0.25, -0.2) is 4.98 Å². The van der Waals surface area contributed by atoms with Crippen molar-refractivity contribution in [1.29, 1.82) is 0 Å². The molecule has 0 spiro atoms. The molecule has 0 bridgehead atoms. The molecule has 23 heavy (non-hydrogen) atoms. The van der Waals surface area contributed by atoms with E-state index in [9.17, 15) is 10.1 Å². The number of imidazole rings is 1. The number of fused-ring (bicyclic) bond motifs is 1. The molecule has 2 heterocycles. The fourth-order valence-electron chi connectivity index (χ4n) is 2.59. The van der Waals surface area contributed by atoms with Gasteiger partial charge < -0.3 is 5.73 Å². The Morgan fingerprint density at radius 3 is 2.78 bits per heavy atom. The van der Waals surface area contributed by atoms with Crippen LogP contribution in [0.2, 0.25) is 5.02 Å². The van der Waals surface area contributed by atoms with Crippen LogP contribution < -0.4 is 5.73 Å². The van der Waals surface area contributed by atoms with Gasteiger partial charge in [-0.1, -0.05) is 17.7 Å². The predicted octanol–water partition coefficient (Wildman–Crippen LogP) is 3.37. The Balaban J connectivity index is 2.24. The second-order valence-corrected chi connectivity index (χ2v) is 5.69. The number of nitro groups is 1. The first kappa shape index (κ1) is 15.5. The summed E-state index contributed by atoms with van der Waals surface area (Å²) in [5.41, 5.74) is 9.88. The molecule has 0 amide bonds. The predicted molar refractivity (Wildman–Crippen MR) is 89.8 cm³/mol. The fraction of sp³-hybridized carbons (Fsp3) is 0.188. The minimum atomic E-state index is -0.419. The largest absolute Gasteiger partial charge is 0.330 e. The zero-order valence-corrected chi connectivity index (χ0v) is 13.2. The third kappa shape index (κ3) is 2.78. The summed E-state index contributed by atoms with van der Waals surface area (Å²) in [6, 6.07) is 8.77. The lowest BCUT2D eigenvalue weighted by Gasteiger charge is -2.05. The highest BCUT2D eigenvalue weighted by Crippen LogP contribution is 2.29.